The first-order valence-electron chi connectivity index (χ1n) is 5.49. The highest BCUT2D eigenvalue weighted by atomic mass is 32.1. The maximum atomic E-state index is 11.6. The molecule has 17 heavy (non-hydrogen) atoms. The van der Waals surface area contributed by atoms with Crippen molar-refractivity contribution in [3.63, 3.8) is 0 Å². The van der Waals surface area contributed by atoms with Crippen LogP contribution in [0, 0.1) is 25.2 Å². The van der Waals surface area contributed by atoms with Gasteiger partial charge in [-0.1, -0.05) is 13.8 Å². The molecule has 1 heterocycles. The van der Waals surface area contributed by atoms with E-state index >= 15 is 0 Å². The van der Waals surface area contributed by atoms with Crippen LogP contribution in [-0.2, 0) is 4.79 Å². The second-order valence-corrected chi connectivity index (χ2v) is 5.41. The molecule has 92 valence electrons. The van der Waals surface area contributed by atoms with E-state index in [9.17, 15) is 4.79 Å². The number of aryl methyl sites for hydroxylation is 1. The van der Waals surface area contributed by atoms with Gasteiger partial charge in [0.15, 0.2) is 0 Å². The van der Waals surface area contributed by atoms with Crippen LogP contribution in [0.3, 0.4) is 0 Å². The van der Waals surface area contributed by atoms with Gasteiger partial charge in [0.05, 0.1) is 12.1 Å². The maximum Gasteiger partial charge on any atom is 0.238 e. The molecule has 1 rings (SSSR count). The van der Waals surface area contributed by atoms with E-state index in [1.54, 1.807) is 0 Å². The van der Waals surface area contributed by atoms with Crippen LogP contribution in [0.15, 0.2) is 0 Å². The Hall–Kier alpha value is -1.38. The minimum atomic E-state index is -0.114. The van der Waals surface area contributed by atoms with Crippen molar-refractivity contribution in [3.05, 3.63) is 16.0 Å². The Kier molecular flexibility index (Phi) is 4.67. The van der Waals surface area contributed by atoms with Gasteiger partial charge in [-0.05, 0) is 19.4 Å². The van der Waals surface area contributed by atoms with Crippen LogP contribution in [0.4, 0.5) is 5.00 Å². The maximum absolute atomic E-state index is 11.6. The largest absolute Gasteiger partial charge is 0.315 e. The number of nitrogens with one attached hydrogen (secondary N) is 2. The van der Waals surface area contributed by atoms with E-state index in [1.807, 2.05) is 27.7 Å². The molecule has 0 atom stereocenters. The van der Waals surface area contributed by atoms with Crippen LogP contribution in [0.25, 0.3) is 0 Å². The molecule has 1 aromatic rings. The number of nitrogens with zero attached hydrogens (tertiary/aromatic N) is 1. The fraction of sp³-hybridized carbons (Fsp3) is 0.500. The summed E-state index contributed by atoms with van der Waals surface area (Å²) in [6.07, 6.45) is 0. The van der Waals surface area contributed by atoms with Crippen LogP contribution in [0.5, 0.6) is 0 Å². The first-order valence-corrected chi connectivity index (χ1v) is 6.30. The minimum Gasteiger partial charge on any atom is -0.315 e. The monoisotopic (exact) mass is 251 g/mol. The number of rotatable bonds is 4. The van der Waals surface area contributed by atoms with Crippen molar-refractivity contribution in [1.29, 1.82) is 5.26 Å². The third-order valence-corrected chi connectivity index (χ3v) is 3.54. The third kappa shape index (κ3) is 3.55. The number of anilines is 1. The van der Waals surface area contributed by atoms with E-state index in [2.05, 4.69) is 16.7 Å². The zero-order valence-corrected chi connectivity index (χ0v) is 11.4. The smallest absolute Gasteiger partial charge is 0.238 e. The summed E-state index contributed by atoms with van der Waals surface area (Å²) in [5.41, 5.74) is 1.52. The summed E-state index contributed by atoms with van der Waals surface area (Å²) in [4.78, 5) is 12.7. The number of carbonyl (C=O) groups is 1. The zero-order valence-electron chi connectivity index (χ0n) is 10.5. The molecule has 1 amide bonds. The van der Waals surface area contributed by atoms with Crippen LogP contribution >= 0.6 is 11.3 Å². The highest BCUT2D eigenvalue weighted by Crippen LogP contribution is 2.31. The number of hydrogen-bond donors (Lipinski definition) is 2. The quantitative estimate of drug-likeness (QED) is 0.862. The van der Waals surface area contributed by atoms with Crippen molar-refractivity contribution in [1.82, 2.24) is 5.32 Å². The Morgan fingerprint density at radius 2 is 2.12 bits per heavy atom. The lowest BCUT2D eigenvalue weighted by Gasteiger charge is -2.07. The summed E-state index contributed by atoms with van der Waals surface area (Å²) in [5, 5.41) is 15.5. The molecule has 0 spiro atoms. The molecular weight excluding hydrogens is 234 g/mol. The summed E-state index contributed by atoms with van der Waals surface area (Å²) in [7, 11) is 0. The molecule has 0 bridgehead atoms. The van der Waals surface area contributed by atoms with Gasteiger partial charge < -0.3 is 10.6 Å². The molecule has 2 N–H and O–H groups in total. The molecule has 0 aromatic carbocycles. The van der Waals surface area contributed by atoms with E-state index in [0.717, 1.165) is 10.4 Å². The van der Waals surface area contributed by atoms with Gasteiger partial charge in [-0.2, -0.15) is 5.26 Å². The number of carbonyl (C=O) groups excluding carboxylic acids is 1. The van der Waals surface area contributed by atoms with E-state index in [1.165, 1.54) is 11.3 Å². The lowest BCUT2D eigenvalue weighted by Crippen LogP contribution is -2.32. The molecule has 0 saturated heterocycles. The van der Waals surface area contributed by atoms with Crippen molar-refractivity contribution in [2.24, 2.45) is 0 Å². The van der Waals surface area contributed by atoms with Crippen LogP contribution < -0.4 is 10.6 Å². The molecule has 0 saturated carbocycles. The lowest BCUT2D eigenvalue weighted by molar-refractivity contribution is -0.115. The first-order chi connectivity index (χ1) is 7.95. The zero-order chi connectivity index (χ0) is 13.0. The van der Waals surface area contributed by atoms with Gasteiger partial charge >= 0.3 is 0 Å². The summed E-state index contributed by atoms with van der Waals surface area (Å²) in [6, 6.07) is 2.40. The average Bonchev–Trinajstić information content (AvgIpc) is 2.51. The van der Waals surface area contributed by atoms with Gasteiger partial charge in [-0.15, -0.1) is 11.3 Å². The molecule has 1 aromatic heterocycles. The van der Waals surface area contributed by atoms with E-state index in [0.29, 0.717) is 10.6 Å². The highest BCUT2D eigenvalue weighted by molar-refractivity contribution is 7.16. The van der Waals surface area contributed by atoms with E-state index in [-0.39, 0.29) is 18.5 Å². The van der Waals surface area contributed by atoms with Crippen molar-refractivity contribution in [2.75, 3.05) is 11.9 Å². The highest BCUT2D eigenvalue weighted by Gasteiger charge is 2.14. The molecule has 4 nitrogen and oxygen atoms in total. The molecule has 0 aliphatic carbocycles. The Balaban J connectivity index is 2.72. The van der Waals surface area contributed by atoms with E-state index in [4.69, 9.17) is 5.26 Å². The van der Waals surface area contributed by atoms with Gasteiger partial charge in [0.2, 0.25) is 5.91 Å². The molecule has 0 unspecified atom stereocenters. The Morgan fingerprint density at radius 1 is 1.47 bits per heavy atom. The average molecular weight is 251 g/mol. The van der Waals surface area contributed by atoms with Crippen LogP contribution in [0.2, 0.25) is 0 Å². The fourth-order valence-corrected chi connectivity index (χ4v) is 2.34. The fourth-order valence-electron chi connectivity index (χ4n) is 1.32. The van der Waals surface area contributed by atoms with Crippen molar-refractivity contribution in [2.45, 2.75) is 33.7 Å². The number of hydrogen-bond acceptors (Lipinski definition) is 4. The molecule has 0 fully saturated rings. The number of thiophene rings is 1. The first kappa shape index (κ1) is 13.7. The van der Waals surface area contributed by atoms with Gasteiger partial charge in [0.1, 0.15) is 11.1 Å². The van der Waals surface area contributed by atoms with Crippen molar-refractivity contribution in [3.8, 4) is 6.07 Å². The lowest BCUT2D eigenvalue weighted by atomic mass is 10.2. The molecule has 0 aliphatic heterocycles. The second-order valence-electron chi connectivity index (χ2n) is 4.18. The standard InChI is InChI=1S/C12H17N3OS/c1-7(2)14-6-11(16)15-12-10(5-13)8(3)9(4)17-12/h7,14H,6H2,1-4H3,(H,15,16). The Morgan fingerprint density at radius 3 is 2.65 bits per heavy atom. The SMILES string of the molecule is Cc1sc(NC(=O)CNC(C)C)c(C#N)c1C. The topological polar surface area (TPSA) is 64.9 Å². The minimum absolute atomic E-state index is 0.114. The summed E-state index contributed by atoms with van der Waals surface area (Å²) < 4.78 is 0. The van der Waals surface area contributed by atoms with Crippen LogP contribution in [-0.4, -0.2) is 18.5 Å². The number of nitriles is 1. The van der Waals surface area contributed by atoms with E-state index < -0.39 is 0 Å². The Bertz CT molecular complexity index is 457. The summed E-state index contributed by atoms with van der Waals surface area (Å²) >= 11 is 1.45. The Labute approximate surface area is 106 Å². The van der Waals surface area contributed by atoms with Gasteiger partial charge in [-0.25, -0.2) is 0 Å². The second kappa shape index (κ2) is 5.80. The van der Waals surface area contributed by atoms with Crippen molar-refractivity contribution >= 4 is 22.2 Å². The van der Waals surface area contributed by atoms with Crippen LogP contribution in [0.1, 0.15) is 29.9 Å². The normalized spacial score (nSPS) is 10.4. The van der Waals surface area contributed by atoms with Gasteiger partial charge in [0, 0.05) is 10.9 Å². The molecule has 0 radical (unpaired) electrons. The predicted octanol–water partition coefficient (Wildman–Crippen LogP) is 2.17. The number of amides is 1. The predicted molar refractivity (Wildman–Crippen MR) is 70.3 cm³/mol. The third-order valence-electron chi connectivity index (χ3n) is 2.42. The summed E-state index contributed by atoms with van der Waals surface area (Å²) in [5.74, 6) is -0.114. The van der Waals surface area contributed by atoms with Gasteiger partial charge in [-0.3, -0.25) is 4.79 Å². The molecule has 5 heteroatoms. The molecular formula is C12H17N3OS. The van der Waals surface area contributed by atoms with Crippen molar-refractivity contribution < 1.29 is 4.79 Å². The molecule has 0 aliphatic rings. The van der Waals surface area contributed by atoms with Gasteiger partial charge in [0.25, 0.3) is 0 Å². The summed E-state index contributed by atoms with van der Waals surface area (Å²) in [6.45, 7) is 8.06.